The largest absolute Gasteiger partial charge is 0.411 e. The van der Waals surface area contributed by atoms with E-state index in [0.717, 1.165) is 12.0 Å². The summed E-state index contributed by atoms with van der Waals surface area (Å²) in [5.41, 5.74) is 0.382. The molecule has 132 valence electrons. The zero-order valence-electron chi connectivity index (χ0n) is 15.0. The summed E-state index contributed by atoms with van der Waals surface area (Å²) >= 11 is 0. The van der Waals surface area contributed by atoms with Crippen molar-refractivity contribution in [2.24, 2.45) is 21.4 Å². The van der Waals surface area contributed by atoms with Crippen molar-refractivity contribution in [1.82, 2.24) is 4.90 Å². The summed E-state index contributed by atoms with van der Waals surface area (Å²) in [5, 5.41) is 12.8. The number of oxime groups is 1. The summed E-state index contributed by atoms with van der Waals surface area (Å²) in [7, 11) is 0. The number of nitrogens with zero attached hydrogens (tertiary/aromatic N) is 2. The highest BCUT2D eigenvalue weighted by Crippen LogP contribution is 2.69. The number of amides is 1. The molecule has 0 spiro atoms. The van der Waals surface area contributed by atoms with Gasteiger partial charge in [-0.3, -0.25) is 9.59 Å². The number of fused-ring (bicyclic) bond motifs is 3. The summed E-state index contributed by atoms with van der Waals surface area (Å²) in [5.74, 6) is -0.378. The van der Waals surface area contributed by atoms with Crippen molar-refractivity contribution in [3.8, 4) is 0 Å². The molecule has 0 radical (unpaired) electrons. The lowest BCUT2D eigenvalue weighted by molar-refractivity contribution is -0.153. The van der Waals surface area contributed by atoms with Gasteiger partial charge in [0.15, 0.2) is 5.78 Å². The number of carbonyl (C=O) groups excluding carboxylic acids is 2. The van der Waals surface area contributed by atoms with Crippen molar-refractivity contribution in [2.75, 3.05) is 6.54 Å². The molecule has 1 heterocycles. The molecule has 25 heavy (non-hydrogen) atoms. The number of benzene rings is 1. The van der Waals surface area contributed by atoms with Crippen LogP contribution in [0.25, 0.3) is 0 Å². The minimum Gasteiger partial charge on any atom is -0.411 e. The summed E-state index contributed by atoms with van der Waals surface area (Å²) in [6.45, 7) is 7.08. The zero-order valence-corrected chi connectivity index (χ0v) is 15.0. The molecule has 2 bridgehead atoms. The smallest absolute Gasteiger partial charge is 0.237 e. The Morgan fingerprint density at radius 2 is 1.84 bits per heavy atom. The van der Waals surface area contributed by atoms with E-state index in [1.807, 2.05) is 43.9 Å². The van der Waals surface area contributed by atoms with E-state index in [1.165, 1.54) is 5.56 Å². The fourth-order valence-electron chi connectivity index (χ4n) is 5.36. The predicted molar refractivity (Wildman–Crippen MR) is 93.3 cm³/mol. The molecule has 1 aromatic rings. The van der Waals surface area contributed by atoms with Gasteiger partial charge in [0.05, 0.1) is 0 Å². The fraction of sp³-hybridized carbons (Fsp3) is 0.550. The molecule has 1 aliphatic heterocycles. The fourth-order valence-corrected chi connectivity index (χ4v) is 5.36. The Hall–Kier alpha value is -2.17. The van der Waals surface area contributed by atoms with Crippen LogP contribution in [0.1, 0.15) is 44.7 Å². The SMILES string of the molecule is CC12CCC(C(=O)N3CCc4ccccc4C3)(C(=O)/C1=N\O)C2(C)C. The number of ketones is 1. The van der Waals surface area contributed by atoms with E-state index in [-0.39, 0.29) is 17.4 Å². The van der Waals surface area contributed by atoms with E-state index in [9.17, 15) is 14.8 Å². The van der Waals surface area contributed by atoms with Crippen LogP contribution in [-0.2, 0) is 22.6 Å². The van der Waals surface area contributed by atoms with Crippen molar-refractivity contribution >= 4 is 17.4 Å². The second-order valence-electron chi connectivity index (χ2n) is 8.39. The summed E-state index contributed by atoms with van der Waals surface area (Å²) in [6.07, 6.45) is 2.04. The molecule has 5 heteroatoms. The lowest BCUT2D eigenvalue weighted by Crippen LogP contribution is -2.53. The highest BCUT2D eigenvalue weighted by atomic mass is 16.4. The molecule has 1 aromatic carbocycles. The van der Waals surface area contributed by atoms with E-state index in [4.69, 9.17) is 0 Å². The Morgan fingerprint density at radius 3 is 2.48 bits per heavy atom. The van der Waals surface area contributed by atoms with Crippen LogP contribution in [-0.4, -0.2) is 34.1 Å². The molecule has 1 N–H and O–H groups in total. The van der Waals surface area contributed by atoms with Crippen molar-refractivity contribution in [1.29, 1.82) is 0 Å². The first kappa shape index (κ1) is 16.3. The predicted octanol–water partition coefficient (Wildman–Crippen LogP) is 2.80. The van der Waals surface area contributed by atoms with Gasteiger partial charge >= 0.3 is 0 Å². The number of Topliss-reactive ketones (excluding diaryl/α,β-unsaturated/α-hetero) is 1. The van der Waals surface area contributed by atoms with Crippen molar-refractivity contribution in [2.45, 2.75) is 46.6 Å². The minimum absolute atomic E-state index is 0.0978. The summed E-state index contributed by atoms with van der Waals surface area (Å²) in [4.78, 5) is 28.5. The maximum atomic E-state index is 13.6. The number of hydrogen-bond acceptors (Lipinski definition) is 4. The van der Waals surface area contributed by atoms with Crippen LogP contribution in [0.4, 0.5) is 0 Å². The van der Waals surface area contributed by atoms with Gasteiger partial charge in [-0.1, -0.05) is 50.2 Å². The minimum atomic E-state index is -1.10. The Morgan fingerprint density at radius 1 is 1.16 bits per heavy atom. The second kappa shape index (κ2) is 4.93. The van der Waals surface area contributed by atoms with Crippen LogP contribution in [0.2, 0.25) is 0 Å². The Kier molecular flexibility index (Phi) is 3.22. The monoisotopic (exact) mass is 340 g/mol. The third-order valence-corrected chi connectivity index (χ3v) is 7.45. The van der Waals surface area contributed by atoms with Gasteiger partial charge in [-0.05, 0) is 35.8 Å². The molecule has 3 aliphatic rings. The normalized spacial score (nSPS) is 34.4. The van der Waals surface area contributed by atoms with E-state index in [0.29, 0.717) is 25.9 Å². The molecule has 2 aliphatic carbocycles. The maximum Gasteiger partial charge on any atom is 0.237 e. The third-order valence-electron chi connectivity index (χ3n) is 7.45. The molecule has 5 nitrogen and oxygen atoms in total. The molecule has 2 fully saturated rings. The second-order valence-corrected chi connectivity index (χ2v) is 8.39. The topological polar surface area (TPSA) is 70.0 Å². The molecular weight excluding hydrogens is 316 g/mol. The van der Waals surface area contributed by atoms with Gasteiger partial charge in [0.1, 0.15) is 11.1 Å². The highest BCUT2D eigenvalue weighted by Gasteiger charge is 2.77. The number of rotatable bonds is 1. The van der Waals surface area contributed by atoms with Crippen LogP contribution in [0, 0.1) is 16.2 Å². The van der Waals surface area contributed by atoms with E-state index in [2.05, 4.69) is 11.2 Å². The van der Waals surface area contributed by atoms with Gasteiger partial charge in [-0.2, -0.15) is 0 Å². The Labute approximate surface area is 147 Å². The van der Waals surface area contributed by atoms with Gasteiger partial charge in [0.25, 0.3) is 0 Å². The average Bonchev–Trinajstić information content (AvgIpc) is 2.89. The lowest BCUT2D eigenvalue weighted by Gasteiger charge is -2.41. The molecule has 2 unspecified atom stereocenters. The van der Waals surface area contributed by atoms with Gasteiger partial charge < -0.3 is 10.1 Å². The van der Waals surface area contributed by atoms with Gasteiger partial charge in [0.2, 0.25) is 5.91 Å². The average molecular weight is 340 g/mol. The molecule has 0 saturated heterocycles. The van der Waals surface area contributed by atoms with Gasteiger partial charge in [-0.25, -0.2) is 0 Å². The zero-order chi connectivity index (χ0) is 18.0. The highest BCUT2D eigenvalue weighted by molar-refractivity contribution is 6.50. The third kappa shape index (κ3) is 1.71. The van der Waals surface area contributed by atoms with Crippen LogP contribution in [0.5, 0.6) is 0 Å². The molecule has 2 atom stereocenters. The van der Waals surface area contributed by atoms with E-state index in [1.54, 1.807) is 0 Å². The van der Waals surface area contributed by atoms with Crippen molar-refractivity contribution in [3.63, 3.8) is 0 Å². The van der Waals surface area contributed by atoms with Crippen molar-refractivity contribution in [3.05, 3.63) is 35.4 Å². The first-order chi connectivity index (χ1) is 11.8. The van der Waals surface area contributed by atoms with Crippen LogP contribution in [0.15, 0.2) is 29.4 Å². The first-order valence-electron chi connectivity index (χ1n) is 8.93. The number of hydrogen-bond donors (Lipinski definition) is 1. The summed E-state index contributed by atoms with van der Waals surface area (Å²) in [6, 6.07) is 8.15. The Bertz CT molecular complexity index is 813. The van der Waals surface area contributed by atoms with E-state index < -0.39 is 16.2 Å². The van der Waals surface area contributed by atoms with Crippen LogP contribution < -0.4 is 0 Å². The lowest BCUT2D eigenvalue weighted by atomic mass is 9.64. The molecule has 1 amide bonds. The van der Waals surface area contributed by atoms with Crippen molar-refractivity contribution < 1.29 is 14.8 Å². The summed E-state index contributed by atoms with van der Waals surface area (Å²) < 4.78 is 0. The van der Waals surface area contributed by atoms with Gasteiger partial charge in [0, 0.05) is 18.5 Å². The molecule has 0 aromatic heterocycles. The van der Waals surface area contributed by atoms with Gasteiger partial charge in [-0.15, -0.1) is 0 Å². The van der Waals surface area contributed by atoms with Crippen LogP contribution in [0.3, 0.4) is 0 Å². The Balaban J connectivity index is 1.75. The quantitative estimate of drug-likeness (QED) is 0.485. The molecule has 4 rings (SSSR count). The first-order valence-corrected chi connectivity index (χ1v) is 8.93. The standard InChI is InChI=1S/C20H24N2O3/c1-18(2)19(3)9-10-20(18,16(23)15(19)21-25)17(24)22-11-8-13-6-4-5-7-14(13)12-22/h4-7,25H,8-12H2,1-3H3/b21-15+. The molecular formula is C20H24N2O3. The van der Waals surface area contributed by atoms with E-state index >= 15 is 0 Å². The molecule has 2 saturated carbocycles. The maximum absolute atomic E-state index is 13.6. The number of carbonyl (C=O) groups is 2. The van der Waals surface area contributed by atoms with Crippen LogP contribution >= 0.6 is 0 Å².